The molecule has 0 saturated carbocycles. The van der Waals surface area contributed by atoms with Crippen LogP contribution < -0.4 is 0 Å². The van der Waals surface area contributed by atoms with Crippen molar-refractivity contribution in [2.24, 2.45) is 0 Å². The molecule has 0 amide bonds. The van der Waals surface area contributed by atoms with E-state index >= 15 is 0 Å². The molecule has 0 radical (unpaired) electrons. The molecule has 0 aliphatic carbocycles. The van der Waals surface area contributed by atoms with Crippen molar-refractivity contribution in [1.82, 2.24) is 0 Å². The first kappa shape index (κ1) is 60.4. The Balaban J connectivity index is 4.41. The number of ether oxygens (including phenoxy) is 3. The molecule has 6 nitrogen and oxygen atoms in total. The SMILES string of the molecule is CCCCC/C=C\C/C=C\CCCCCCCC(=O)OCC(COC(=O)CCCCCCC/C=C\CCCCCCCC)OC(=O)CCCCCCC/C=C\CCCCCCCC. The molecule has 366 valence electrons. The van der Waals surface area contributed by atoms with Gasteiger partial charge in [0.15, 0.2) is 6.10 Å². The van der Waals surface area contributed by atoms with E-state index in [0.29, 0.717) is 19.3 Å². The Bertz CT molecular complexity index is 1110. The highest BCUT2D eigenvalue weighted by Crippen LogP contribution is 2.14. The van der Waals surface area contributed by atoms with Crippen LogP contribution in [0.1, 0.15) is 278 Å². The zero-order valence-electron chi connectivity index (χ0n) is 41.8. The zero-order valence-corrected chi connectivity index (χ0v) is 41.8. The van der Waals surface area contributed by atoms with Gasteiger partial charge in [0.05, 0.1) is 0 Å². The number of carbonyl (C=O) groups excluding carboxylic acids is 3. The van der Waals surface area contributed by atoms with Gasteiger partial charge < -0.3 is 14.2 Å². The number of carbonyl (C=O) groups is 3. The fraction of sp³-hybridized carbons (Fsp3) is 0.807. The van der Waals surface area contributed by atoms with Crippen LogP contribution in [0.5, 0.6) is 0 Å². The lowest BCUT2D eigenvalue weighted by atomic mass is 10.1. The van der Waals surface area contributed by atoms with Crippen molar-refractivity contribution in [3.63, 3.8) is 0 Å². The number of allylic oxidation sites excluding steroid dienone is 8. The zero-order chi connectivity index (χ0) is 45.8. The van der Waals surface area contributed by atoms with Crippen molar-refractivity contribution in [3.05, 3.63) is 48.6 Å². The largest absolute Gasteiger partial charge is 0.462 e. The van der Waals surface area contributed by atoms with Gasteiger partial charge in [-0.05, 0) is 103 Å². The summed E-state index contributed by atoms with van der Waals surface area (Å²) in [6.07, 6.45) is 62.3. The number of unbranched alkanes of at least 4 members (excludes halogenated alkanes) is 30. The van der Waals surface area contributed by atoms with Gasteiger partial charge in [0.2, 0.25) is 0 Å². The molecular formula is C57H102O6. The van der Waals surface area contributed by atoms with Crippen LogP contribution in [0.4, 0.5) is 0 Å². The summed E-state index contributed by atoms with van der Waals surface area (Å²) in [6.45, 7) is 6.59. The van der Waals surface area contributed by atoms with Crippen LogP contribution in [0.3, 0.4) is 0 Å². The van der Waals surface area contributed by atoms with Crippen molar-refractivity contribution in [2.75, 3.05) is 13.2 Å². The van der Waals surface area contributed by atoms with E-state index in [-0.39, 0.29) is 31.1 Å². The minimum absolute atomic E-state index is 0.0843. The number of hydrogen-bond acceptors (Lipinski definition) is 6. The second-order valence-corrected chi connectivity index (χ2v) is 18.1. The average molecular weight is 883 g/mol. The predicted molar refractivity (Wildman–Crippen MR) is 270 cm³/mol. The number of hydrogen-bond donors (Lipinski definition) is 0. The number of rotatable bonds is 49. The monoisotopic (exact) mass is 883 g/mol. The Morgan fingerprint density at radius 3 is 0.921 bits per heavy atom. The third-order valence-electron chi connectivity index (χ3n) is 11.8. The van der Waals surface area contributed by atoms with E-state index < -0.39 is 6.10 Å². The van der Waals surface area contributed by atoms with Crippen molar-refractivity contribution in [2.45, 2.75) is 284 Å². The fourth-order valence-corrected chi connectivity index (χ4v) is 7.64. The normalized spacial score (nSPS) is 12.4. The molecule has 6 heteroatoms. The molecule has 1 unspecified atom stereocenters. The molecule has 0 spiro atoms. The lowest BCUT2D eigenvalue weighted by Crippen LogP contribution is -2.30. The second kappa shape index (κ2) is 52.0. The highest BCUT2D eigenvalue weighted by Gasteiger charge is 2.19. The quantitative estimate of drug-likeness (QED) is 0.0262. The molecule has 63 heavy (non-hydrogen) atoms. The Hall–Kier alpha value is -2.63. The van der Waals surface area contributed by atoms with Crippen LogP contribution in [-0.2, 0) is 28.6 Å². The Morgan fingerprint density at radius 1 is 0.317 bits per heavy atom. The molecule has 0 saturated heterocycles. The molecule has 0 N–H and O–H groups in total. The smallest absolute Gasteiger partial charge is 0.306 e. The van der Waals surface area contributed by atoms with E-state index in [4.69, 9.17) is 14.2 Å². The Labute approximate surface area is 390 Å². The van der Waals surface area contributed by atoms with Gasteiger partial charge >= 0.3 is 17.9 Å². The van der Waals surface area contributed by atoms with Gasteiger partial charge in [-0.1, -0.05) is 204 Å². The summed E-state index contributed by atoms with van der Waals surface area (Å²) in [5.74, 6) is -0.906. The van der Waals surface area contributed by atoms with E-state index in [9.17, 15) is 14.4 Å². The van der Waals surface area contributed by atoms with Crippen molar-refractivity contribution < 1.29 is 28.6 Å². The molecule has 0 aliphatic heterocycles. The first-order valence-electron chi connectivity index (χ1n) is 27.1. The first-order chi connectivity index (χ1) is 31.0. The van der Waals surface area contributed by atoms with Crippen LogP contribution in [0.2, 0.25) is 0 Å². The van der Waals surface area contributed by atoms with E-state index in [2.05, 4.69) is 69.4 Å². The van der Waals surface area contributed by atoms with E-state index in [1.165, 1.54) is 141 Å². The first-order valence-corrected chi connectivity index (χ1v) is 27.1. The van der Waals surface area contributed by atoms with Gasteiger partial charge in [0.1, 0.15) is 13.2 Å². The van der Waals surface area contributed by atoms with Gasteiger partial charge in [-0.25, -0.2) is 0 Å². The summed E-state index contributed by atoms with van der Waals surface area (Å²) in [5, 5.41) is 0. The van der Waals surface area contributed by atoms with E-state index in [0.717, 1.165) is 96.3 Å². The van der Waals surface area contributed by atoms with Crippen LogP contribution in [0.15, 0.2) is 48.6 Å². The summed E-state index contributed by atoms with van der Waals surface area (Å²) in [5.41, 5.74) is 0. The van der Waals surface area contributed by atoms with Crippen LogP contribution in [-0.4, -0.2) is 37.2 Å². The molecule has 0 aliphatic rings. The maximum Gasteiger partial charge on any atom is 0.306 e. The van der Waals surface area contributed by atoms with Gasteiger partial charge in [-0.2, -0.15) is 0 Å². The summed E-state index contributed by atoms with van der Waals surface area (Å²) in [4.78, 5) is 38.0. The second-order valence-electron chi connectivity index (χ2n) is 18.1. The van der Waals surface area contributed by atoms with Crippen molar-refractivity contribution in [3.8, 4) is 0 Å². The summed E-state index contributed by atoms with van der Waals surface area (Å²) in [6, 6.07) is 0. The Kier molecular flexibility index (Phi) is 49.8. The Morgan fingerprint density at radius 2 is 0.571 bits per heavy atom. The molecule has 0 rings (SSSR count). The third-order valence-corrected chi connectivity index (χ3v) is 11.8. The van der Waals surface area contributed by atoms with E-state index in [1.54, 1.807) is 0 Å². The molecule has 1 atom stereocenters. The van der Waals surface area contributed by atoms with Gasteiger partial charge in [-0.3, -0.25) is 14.4 Å². The highest BCUT2D eigenvalue weighted by molar-refractivity contribution is 5.71. The molecule has 0 fully saturated rings. The third kappa shape index (κ3) is 50.2. The molecule has 0 aromatic rings. The van der Waals surface area contributed by atoms with Gasteiger partial charge in [-0.15, -0.1) is 0 Å². The van der Waals surface area contributed by atoms with Crippen molar-refractivity contribution >= 4 is 17.9 Å². The average Bonchev–Trinajstić information content (AvgIpc) is 3.28. The van der Waals surface area contributed by atoms with Gasteiger partial charge in [0, 0.05) is 19.3 Å². The summed E-state index contributed by atoms with van der Waals surface area (Å²) >= 11 is 0. The highest BCUT2D eigenvalue weighted by atomic mass is 16.6. The lowest BCUT2D eigenvalue weighted by molar-refractivity contribution is -0.167. The fourth-order valence-electron chi connectivity index (χ4n) is 7.64. The predicted octanol–water partition coefficient (Wildman–Crippen LogP) is 17.9. The standard InChI is InChI=1S/C57H102O6/c1-4-7-10-13-16-19-22-25-28-31-34-37-40-43-46-49-55(58)61-52-54(63-57(60)51-48-45-42-39-36-33-30-27-24-21-18-15-12-9-6-3)53-62-56(59)50-47-44-41-38-35-32-29-26-23-20-17-14-11-8-5-2/h16,19,25-30,54H,4-15,17-18,20-24,31-53H2,1-3H3/b19-16-,28-25-,29-26-,30-27-. The molecule has 0 aromatic heterocycles. The van der Waals surface area contributed by atoms with Crippen LogP contribution in [0, 0.1) is 0 Å². The van der Waals surface area contributed by atoms with Crippen molar-refractivity contribution in [1.29, 1.82) is 0 Å². The number of esters is 3. The molecular weight excluding hydrogens is 781 g/mol. The lowest BCUT2D eigenvalue weighted by Gasteiger charge is -2.18. The summed E-state index contributed by atoms with van der Waals surface area (Å²) in [7, 11) is 0. The van der Waals surface area contributed by atoms with Gasteiger partial charge in [0.25, 0.3) is 0 Å². The topological polar surface area (TPSA) is 78.9 Å². The van der Waals surface area contributed by atoms with E-state index in [1.807, 2.05) is 0 Å². The van der Waals surface area contributed by atoms with Crippen LogP contribution in [0.25, 0.3) is 0 Å². The minimum atomic E-state index is -0.785. The maximum atomic E-state index is 12.8. The van der Waals surface area contributed by atoms with Crippen LogP contribution >= 0.6 is 0 Å². The molecule has 0 aromatic carbocycles. The molecule has 0 heterocycles. The maximum absolute atomic E-state index is 12.8. The minimum Gasteiger partial charge on any atom is -0.462 e. The summed E-state index contributed by atoms with van der Waals surface area (Å²) < 4.78 is 16.8. The molecule has 0 bridgehead atoms.